The van der Waals surface area contributed by atoms with E-state index >= 15 is 0 Å². The molecular weight excluding hydrogens is 282 g/mol. The van der Waals surface area contributed by atoms with E-state index in [-0.39, 0.29) is 5.41 Å². The zero-order valence-electron chi connectivity index (χ0n) is 13.6. The lowest BCUT2D eigenvalue weighted by Gasteiger charge is -2.39. The number of carbonyl (C=O) groups is 1. The van der Waals surface area contributed by atoms with Crippen molar-refractivity contribution < 1.29 is 9.90 Å². The standard InChI is InChI=1S/C17H27NO2S/c1-5-17(15(19)20)9-6-10-18(12-17)11-13-7-8-14(21-13)16(2,3)4/h7-8H,5-6,9-12H2,1-4H3,(H,19,20). The fourth-order valence-corrected chi connectivity index (χ4v) is 4.17. The SMILES string of the molecule is CCC1(C(=O)O)CCCN(Cc2ccc(C(C)(C)C)s2)C1. The number of aliphatic carboxylic acids is 1. The molecule has 1 saturated heterocycles. The van der Waals surface area contributed by atoms with Gasteiger partial charge in [-0.2, -0.15) is 0 Å². The summed E-state index contributed by atoms with van der Waals surface area (Å²) in [6.45, 7) is 11.3. The van der Waals surface area contributed by atoms with Crippen LogP contribution in [-0.2, 0) is 16.8 Å². The summed E-state index contributed by atoms with van der Waals surface area (Å²) in [4.78, 5) is 16.7. The summed E-state index contributed by atoms with van der Waals surface area (Å²) < 4.78 is 0. The maximum absolute atomic E-state index is 11.6. The first-order chi connectivity index (χ1) is 9.77. The minimum atomic E-state index is -0.628. The second kappa shape index (κ2) is 6.09. The Morgan fingerprint density at radius 2 is 2.14 bits per heavy atom. The Kier molecular flexibility index (Phi) is 4.79. The van der Waals surface area contributed by atoms with E-state index in [4.69, 9.17) is 0 Å². The van der Waals surface area contributed by atoms with Crippen molar-refractivity contribution in [2.24, 2.45) is 5.41 Å². The van der Waals surface area contributed by atoms with E-state index in [1.165, 1.54) is 9.75 Å². The van der Waals surface area contributed by atoms with E-state index in [1.54, 1.807) is 0 Å². The normalized spacial score (nSPS) is 24.2. The van der Waals surface area contributed by atoms with Gasteiger partial charge >= 0.3 is 5.97 Å². The second-order valence-corrected chi connectivity index (χ2v) is 8.44. The zero-order chi connectivity index (χ0) is 15.7. The van der Waals surface area contributed by atoms with Crippen molar-refractivity contribution in [2.45, 2.75) is 58.9 Å². The molecule has 1 aromatic rings. The van der Waals surface area contributed by atoms with Gasteiger partial charge in [0, 0.05) is 22.8 Å². The predicted octanol–water partition coefficient (Wildman–Crippen LogP) is 4.12. The second-order valence-electron chi connectivity index (χ2n) is 7.27. The van der Waals surface area contributed by atoms with Crippen molar-refractivity contribution in [1.29, 1.82) is 0 Å². The van der Waals surface area contributed by atoms with Crippen LogP contribution < -0.4 is 0 Å². The molecule has 1 N–H and O–H groups in total. The summed E-state index contributed by atoms with van der Waals surface area (Å²) in [6, 6.07) is 4.42. The number of hydrogen-bond acceptors (Lipinski definition) is 3. The highest BCUT2D eigenvalue weighted by Crippen LogP contribution is 2.35. The van der Waals surface area contributed by atoms with Crippen LogP contribution in [0.3, 0.4) is 0 Å². The molecule has 1 fully saturated rings. The first-order valence-electron chi connectivity index (χ1n) is 7.82. The summed E-state index contributed by atoms with van der Waals surface area (Å²) in [5.74, 6) is -0.628. The molecule has 0 bridgehead atoms. The lowest BCUT2D eigenvalue weighted by Crippen LogP contribution is -2.47. The van der Waals surface area contributed by atoms with Crippen LogP contribution in [0.1, 0.15) is 56.7 Å². The highest BCUT2D eigenvalue weighted by molar-refractivity contribution is 7.12. The molecule has 1 atom stereocenters. The monoisotopic (exact) mass is 309 g/mol. The molecule has 1 aliphatic heterocycles. The van der Waals surface area contributed by atoms with Crippen LogP contribution in [-0.4, -0.2) is 29.1 Å². The minimum Gasteiger partial charge on any atom is -0.481 e. The van der Waals surface area contributed by atoms with E-state index in [1.807, 2.05) is 18.3 Å². The van der Waals surface area contributed by atoms with Crippen molar-refractivity contribution in [3.63, 3.8) is 0 Å². The third kappa shape index (κ3) is 3.67. The number of thiophene rings is 1. The fraction of sp³-hybridized carbons (Fsp3) is 0.706. The van der Waals surface area contributed by atoms with Crippen LogP contribution in [0.15, 0.2) is 12.1 Å². The Bertz CT molecular complexity index is 503. The molecule has 2 rings (SSSR count). The molecule has 0 spiro atoms. The van der Waals surface area contributed by atoms with Gasteiger partial charge in [0.05, 0.1) is 5.41 Å². The fourth-order valence-electron chi connectivity index (χ4n) is 3.06. The van der Waals surface area contributed by atoms with Gasteiger partial charge < -0.3 is 5.11 Å². The van der Waals surface area contributed by atoms with Crippen molar-refractivity contribution in [1.82, 2.24) is 4.90 Å². The minimum absolute atomic E-state index is 0.194. The lowest BCUT2D eigenvalue weighted by atomic mass is 9.77. The van der Waals surface area contributed by atoms with E-state index < -0.39 is 11.4 Å². The quantitative estimate of drug-likeness (QED) is 0.909. The maximum Gasteiger partial charge on any atom is 0.310 e. The highest BCUT2D eigenvalue weighted by Gasteiger charge is 2.40. The average Bonchev–Trinajstić information content (AvgIpc) is 2.87. The Morgan fingerprint density at radius 3 is 2.67 bits per heavy atom. The predicted molar refractivity (Wildman–Crippen MR) is 87.9 cm³/mol. The Hall–Kier alpha value is -0.870. The Balaban J connectivity index is 2.06. The van der Waals surface area contributed by atoms with Crippen molar-refractivity contribution in [2.75, 3.05) is 13.1 Å². The lowest BCUT2D eigenvalue weighted by molar-refractivity contribution is -0.153. The molecular formula is C17H27NO2S. The largest absolute Gasteiger partial charge is 0.481 e. The Morgan fingerprint density at radius 1 is 1.43 bits per heavy atom. The summed E-state index contributed by atoms with van der Waals surface area (Å²) in [6.07, 6.45) is 2.52. The van der Waals surface area contributed by atoms with E-state index in [9.17, 15) is 9.90 Å². The molecule has 0 saturated carbocycles. The zero-order valence-corrected chi connectivity index (χ0v) is 14.4. The van der Waals surface area contributed by atoms with E-state index in [0.29, 0.717) is 6.54 Å². The third-order valence-corrected chi connectivity index (χ3v) is 6.06. The van der Waals surface area contributed by atoms with Gasteiger partial charge in [-0.15, -0.1) is 11.3 Å². The van der Waals surface area contributed by atoms with Crippen LogP contribution >= 0.6 is 11.3 Å². The third-order valence-electron chi connectivity index (χ3n) is 4.57. The number of likely N-dealkylation sites (tertiary alicyclic amines) is 1. The van der Waals surface area contributed by atoms with Gasteiger partial charge in [-0.3, -0.25) is 9.69 Å². The van der Waals surface area contributed by atoms with Gasteiger partial charge in [0.2, 0.25) is 0 Å². The number of piperidine rings is 1. The van der Waals surface area contributed by atoms with Crippen LogP contribution in [0.25, 0.3) is 0 Å². The molecule has 3 nitrogen and oxygen atoms in total. The van der Waals surface area contributed by atoms with Crippen LogP contribution in [0.5, 0.6) is 0 Å². The maximum atomic E-state index is 11.6. The first-order valence-corrected chi connectivity index (χ1v) is 8.63. The molecule has 1 aromatic heterocycles. The van der Waals surface area contributed by atoms with Crippen LogP contribution in [0.4, 0.5) is 0 Å². The van der Waals surface area contributed by atoms with Crippen LogP contribution in [0, 0.1) is 5.41 Å². The van der Waals surface area contributed by atoms with Gasteiger partial charge in [0.1, 0.15) is 0 Å². The van der Waals surface area contributed by atoms with E-state index in [2.05, 4.69) is 37.8 Å². The van der Waals surface area contributed by atoms with Gasteiger partial charge in [0.15, 0.2) is 0 Å². The number of rotatable bonds is 4. The Labute approximate surface area is 132 Å². The molecule has 4 heteroatoms. The van der Waals surface area contributed by atoms with Gasteiger partial charge in [-0.25, -0.2) is 0 Å². The summed E-state index contributed by atoms with van der Waals surface area (Å²) in [7, 11) is 0. The van der Waals surface area contributed by atoms with Crippen LogP contribution in [0.2, 0.25) is 0 Å². The molecule has 0 aliphatic carbocycles. The van der Waals surface area contributed by atoms with Gasteiger partial charge in [0.25, 0.3) is 0 Å². The summed E-state index contributed by atoms with van der Waals surface area (Å²) in [5, 5.41) is 9.56. The molecule has 2 heterocycles. The number of carboxylic acid groups (broad SMARTS) is 1. The molecule has 0 amide bonds. The molecule has 1 unspecified atom stereocenters. The molecule has 1 aliphatic rings. The molecule has 118 valence electrons. The van der Waals surface area contributed by atoms with Crippen molar-refractivity contribution in [3.05, 3.63) is 21.9 Å². The summed E-state index contributed by atoms with van der Waals surface area (Å²) in [5.41, 5.74) is -0.346. The first kappa shape index (κ1) is 16.5. The number of nitrogens with zero attached hydrogens (tertiary/aromatic N) is 1. The van der Waals surface area contributed by atoms with Crippen molar-refractivity contribution in [3.8, 4) is 0 Å². The van der Waals surface area contributed by atoms with Gasteiger partial charge in [-0.05, 0) is 43.4 Å². The number of hydrogen-bond donors (Lipinski definition) is 1. The summed E-state index contributed by atoms with van der Waals surface area (Å²) >= 11 is 1.86. The smallest absolute Gasteiger partial charge is 0.310 e. The van der Waals surface area contributed by atoms with Crippen molar-refractivity contribution >= 4 is 17.3 Å². The molecule has 0 aromatic carbocycles. The highest BCUT2D eigenvalue weighted by atomic mass is 32.1. The number of carboxylic acids is 1. The molecule has 21 heavy (non-hydrogen) atoms. The average molecular weight is 309 g/mol. The van der Waals surface area contributed by atoms with E-state index in [0.717, 1.165) is 32.4 Å². The topological polar surface area (TPSA) is 40.5 Å². The van der Waals surface area contributed by atoms with Gasteiger partial charge in [-0.1, -0.05) is 27.7 Å². The molecule has 0 radical (unpaired) electrons.